The molecule has 0 fully saturated rings. The van der Waals surface area contributed by atoms with Gasteiger partial charge >= 0.3 is 5.97 Å². The highest BCUT2D eigenvalue weighted by molar-refractivity contribution is 6.34. The number of hydrogen-bond acceptors (Lipinski definition) is 6. The van der Waals surface area contributed by atoms with E-state index in [0.29, 0.717) is 29.3 Å². The molecule has 8 nitrogen and oxygen atoms in total. The second-order valence-electron chi connectivity index (χ2n) is 8.30. The number of esters is 1. The second kappa shape index (κ2) is 9.14. The Bertz CT molecular complexity index is 1530. The lowest BCUT2D eigenvalue weighted by molar-refractivity contribution is 0.0475. The van der Waals surface area contributed by atoms with Gasteiger partial charge in [-0.2, -0.15) is 0 Å². The van der Waals surface area contributed by atoms with Gasteiger partial charge in [-0.05, 0) is 62.4 Å². The first-order valence-corrected chi connectivity index (χ1v) is 11.4. The van der Waals surface area contributed by atoms with Crippen molar-refractivity contribution in [2.24, 2.45) is 0 Å². The molecule has 1 aromatic heterocycles. The first-order chi connectivity index (χ1) is 17.4. The number of para-hydroxylation sites is 1. The molecule has 5 rings (SSSR count). The van der Waals surface area contributed by atoms with E-state index < -0.39 is 24.4 Å². The molecule has 0 atom stereocenters. The number of aromatic nitrogens is 1. The number of nitrogens with one attached hydrogen (secondary N) is 1. The van der Waals surface area contributed by atoms with Gasteiger partial charge in [-0.25, -0.2) is 9.69 Å². The van der Waals surface area contributed by atoms with Gasteiger partial charge in [0.15, 0.2) is 6.61 Å². The molecule has 180 valence electrons. The van der Waals surface area contributed by atoms with Gasteiger partial charge in [0, 0.05) is 22.2 Å². The summed E-state index contributed by atoms with van der Waals surface area (Å²) in [6.07, 6.45) is 0. The Morgan fingerprint density at radius 3 is 2.39 bits per heavy atom. The third kappa shape index (κ3) is 3.92. The summed E-state index contributed by atoms with van der Waals surface area (Å²) in [6.45, 7) is 3.69. The number of fused-ring (bicyclic) bond motifs is 2. The van der Waals surface area contributed by atoms with E-state index >= 15 is 0 Å². The van der Waals surface area contributed by atoms with Crippen LogP contribution < -0.4 is 9.64 Å². The highest BCUT2D eigenvalue weighted by Gasteiger charge is 2.37. The van der Waals surface area contributed by atoms with Gasteiger partial charge in [-0.15, -0.1) is 0 Å². The van der Waals surface area contributed by atoms with Crippen LogP contribution in [0, 0.1) is 6.92 Å². The maximum Gasteiger partial charge on any atom is 0.338 e. The molecule has 0 aliphatic carbocycles. The van der Waals surface area contributed by atoms with Crippen LogP contribution in [0.1, 0.15) is 54.0 Å². The number of anilines is 1. The van der Waals surface area contributed by atoms with Crippen molar-refractivity contribution >= 4 is 40.2 Å². The first kappa shape index (κ1) is 23.0. The largest absolute Gasteiger partial charge is 0.494 e. The molecule has 0 spiro atoms. The number of ketones is 1. The van der Waals surface area contributed by atoms with Gasteiger partial charge in [0.25, 0.3) is 11.8 Å². The predicted molar refractivity (Wildman–Crippen MR) is 133 cm³/mol. The van der Waals surface area contributed by atoms with Crippen molar-refractivity contribution in [2.45, 2.75) is 13.8 Å². The van der Waals surface area contributed by atoms with E-state index in [4.69, 9.17) is 9.47 Å². The molecule has 0 unspecified atom stereocenters. The van der Waals surface area contributed by atoms with Crippen molar-refractivity contribution in [1.29, 1.82) is 0 Å². The normalized spacial score (nSPS) is 12.7. The van der Waals surface area contributed by atoms with Crippen molar-refractivity contribution in [3.63, 3.8) is 0 Å². The molecule has 1 aliphatic rings. The van der Waals surface area contributed by atoms with Crippen LogP contribution in [0.25, 0.3) is 10.9 Å². The number of carbonyl (C=O) groups is 4. The van der Waals surface area contributed by atoms with Crippen LogP contribution in [0.2, 0.25) is 0 Å². The average molecular weight is 482 g/mol. The Kier molecular flexibility index (Phi) is 5.85. The minimum absolute atomic E-state index is 0.0758. The van der Waals surface area contributed by atoms with Gasteiger partial charge < -0.3 is 14.5 Å². The molecule has 4 aromatic rings. The van der Waals surface area contributed by atoms with Crippen molar-refractivity contribution in [3.8, 4) is 5.75 Å². The summed E-state index contributed by atoms with van der Waals surface area (Å²) < 4.78 is 10.7. The van der Waals surface area contributed by atoms with E-state index in [9.17, 15) is 19.2 Å². The first-order valence-electron chi connectivity index (χ1n) is 11.4. The molecule has 3 aromatic carbocycles. The smallest absolute Gasteiger partial charge is 0.338 e. The summed E-state index contributed by atoms with van der Waals surface area (Å²) in [5.74, 6) is -1.50. The van der Waals surface area contributed by atoms with Gasteiger partial charge in [0.2, 0.25) is 5.78 Å². The quantitative estimate of drug-likeness (QED) is 0.232. The maximum atomic E-state index is 13.0. The molecule has 1 aliphatic heterocycles. The minimum Gasteiger partial charge on any atom is -0.494 e. The maximum absolute atomic E-state index is 13.0. The molecule has 2 heterocycles. The monoisotopic (exact) mass is 482 g/mol. The fourth-order valence-corrected chi connectivity index (χ4v) is 4.38. The van der Waals surface area contributed by atoms with E-state index in [1.54, 1.807) is 31.2 Å². The third-order valence-electron chi connectivity index (χ3n) is 6.03. The second-order valence-corrected chi connectivity index (χ2v) is 8.30. The molecule has 0 saturated heterocycles. The van der Waals surface area contributed by atoms with Crippen molar-refractivity contribution < 1.29 is 28.7 Å². The van der Waals surface area contributed by atoms with Gasteiger partial charge in [-0.1, -0.05) is 18.2 Å². The number of Topliss-reactive ketones (excluding diaryl/α,β-unsaturated/α-hetero) is 1. The van der Waals surface area contributed by atoms with E-state index in [2.05, 4.69) is 4.98 Å². The summed E-state index contributed by atoms with van der Waals surface area (Å²) in [6, 6.07) is 18.2. The van der Waals surface area contributed by atoms with Crippen LogP contribution in [0.4, 0.5) is 5.69 Å². The Hall–Kier alpha value is -4.72. The number of rotatable bonds is 7. The summed E-state index contributed by atoms with van der Waals surface area (Å²) >= 11 is 0. The number of benzene rings is 3. The Labute approximate surface area is 206 Å². The summed E-state index contributed by atoms with van der Waals surface area (Å²) in [5.41, 5.74) is 2.74. The number of ether oxygens (including phenoxy) is 2. The number of nitrogens with zero attached hydrogens (tertiary/aromatic N) is 1. The fourth-order valence-electron chi connectivity index (χ4n) is 4.38. The molecule has 0 saturated carbocycles. The number of imide groups is 1. The zero-order chi connectivity index (χ0) is 25.4. The molecule has 0 radical (unpaired) electrons. The molecular weight excluding hydrogens is 460 g/mol. The van der Waals surface area contributed by atoms with Crippen LogP contribution in [-0.4, -0.2) is 41.8 Å². The van der Waals surface area contributed by atoms with Crippen LogP contribution in [0.3, 0.4) is 0 Å². The van der Waals surface area contributed by atoms with Crippen LogP contribution in [0.5, 0.6) is 5.75 Å². The summed E-state index contributed by atoms with van der Waals surface area (Å²) in [4.78, 5) is 55.7. The number of carbonyl (C=O) groups excluding carboxylic acids is 4. The van der Waals surface area contributed by atoms with Crippen LogP contribution >= 0.6 is 0 Å². The molecular formula is C28H22N2O6. The Morgan fingerprint density at radius 2 is 1.64 bits per heavy atom. The van der Waals surface area contributed by atoms with E-state index in [1.807, 2.05) is 31.2 Å². The van der Waals surface area contributed by atoms with E-state index in [-0.39, 0.29) is 22.5 Å². The molecule has 8 heteroatoms. The number of aromatic amines is 1. The lowest BCUT2D eigenvalue weighted by Crippen LogP contribution is -2.29. The van der Waals surface area contributed by atoms with Gasteiger partial charge in [0.05, 0.1) is 29.0 Å². The Balaban J connectivity index is 1.32. The van der Waals surface area contributed by atoms with E-state index in [1.165, 1.54) is 18.2 Å². The standard InChI is InChI=1S/C28H22N2O6/c1-3-35-19-11-9-18(10-12-19)30-26(32)20-13-8-17(14-22(20)27(30)33)28(34)36-15-24(31)25-16(2)29-23-7-5-4-6-21(23)25/h4-14,29H,3,15H2,1-2H3. The molecule has 0 bridgehead atoms. The number of amides is 2. The van der Waals surface area contributed by atoms with Crippen molar-refractivity contribution in [2.75, 3.05) is 18.1 Å². The SMILES string of the molecule is CCOc1ccc(N2C(=O)c3ccc(C(=O)OCC(=O)c4c(C)[nH]c5ccccc45)cc3C2=O)cc1. The van der Waals surface area contributed by atoms with Gasteiger partial charge in [-0.3, -0.25) is 14.4 Å². The molecule has 2 amide bonds. The van der Waals surface area contributed by atoms with Crippen molar-refractivity contribution in [1.82, 2.24) is 4.98 Å². The number of aryl methyl sites for hydroxylation is 1. The van der Waals surface area contributed by atoms with Gasteiger partial charge in [0.1, 0.15) is 5.75 Å². The summed E-state index contributed by atoms with van der Waals surface area (Å²) in [5, 5.41) is 0.757. The lowest BCUT2D eigenvalue weighted by atomic mass is 10.1. The Morgan fingerprint density at radius 1 is 0.917 bits per heavy atom. The zero-order valence-corrected chi connectivity index (χ0v) is 19.7. The predicted octanol–water partition coefficient (Wildman–Crippen LogP) is 4.72. The third-order valence-corrected chi connectivity index (χ3v) is 6.03. The zero-order valence-electron chi connectivity index (χ0n) is 19.7. The summed E-state index contributed by atoms with van der Waals surface area (Å²) in [7, 11) is 0. The topological polar surface area (TPSA) is 106 Å². The lowest BCUT2D eigenvalue weighted by Gasteiger charge is -2.14. The number of hydrogen-bond donors (Lipinski definition) is 1. The highest BCUT2D eigenvalue weighted by Crippen LogP contribution is 2.30. The fraction of sp³-hybridized carbons (Fsp3) is 0.143. The molecule has 1 N–H and O–H groups in total. The van der Waals surface area contributed by atoms with E-state index in [0.717, 1.165) is 15.8 Å². The van der Waals surface area contributed by atoms with Crippen LogP contribution in [0.15, 0.2) is 66.7 Å². The number of H-pyrrole nitrogens is 1. The average Bonchev–Trinajstić information content (AvgIpc) is 3.35. The van der Waals surface area contributed by atoms with Crippen molar-refractivity contribution in [3.05, 3.63) is 94.7 Å². The van der Waals surface area contributed by atoms with Crippen LogP contribution in [-0.2, 0) is 4.74 Å². The minimum atomic E-state index is -0.761. The molecule has 36 heavy (non-hydrogen) atoms. The highest BCUT2D eigenvalue weighted by atomic mass is 16.5.